The summed E-state index contributed by atoms with van der Waals surface area (Å²) in [6.07, 6.45) is 3.59. The summed E-state index contributed by atoms with van der Waals surface area (Å²) in [6.45, 7) is 2.92. The van der Waals surface area contributed by atoms with E-state index >= 15 is 0 Å². The molecule has 0 aliphatic rings. The summed E-state index contributed by atoms with van der Waals surface area (Å²) in [5, 5.41) is 13.6. The van der Waals surface area contributed by atoms with Crippen LogP contribution in [0.3, 0.4) is 0 Å². The van der Waals surface area contributed by atoms with Crippen molar-refractivity contribution < 1.29 is 9.53 Å². The lowest BCUT2D eigenvalue weighted by molar-refractivity contribution is 0.0951. The van der Waals surface area contributed by atoms with Gasteiger partial charge >= 0.3 is 0 Å². The fraction of sp³-hybridized carbons (Fsp3) is 0.114. The van der Waals surface area contributed by atoms with E-state index in [-0.39, 0.29) is 11.5 Å². The number of hydrogen-bond acceptors (Lipinski definition) is 7. The third-order valence-corrected chi connectivity index (χ3v) is 8.79. The molecule has 3 aromatic heterocycles. The van der Waals surface area contributed by atoms with Crippen LogP contribution in [-0.2, 0) is 12.3 Å². The second-order valence-electron chi connectivity index (χ2n) is 10.6. The Bertz CT molecular complexity index is 2260. The molecule has 12 heteroatoms. The number of thioether (sulfide) groups is 1. The van der Waals surface area contributed by atoms with Crippen molar-refractivity contribution in [2.24, 2.45) is 0 Å². The number of aromatic nitrogens is 6. The molecular formula is C35H28ClN7O3S. The maximum Gasteiger partial charge on any atom is 0.267 e. The molecule has 0 aliphatic carbocycles. The quantitative estimate of drug-likeness (QED) is 0.167. The van der Waals surface area contributed by atoms with Crippen molar-refractivity contribution >= 4 is 46.0 Å². The Kier molecular flexibility index (Phi) is 8.47. The van der Waals surface area contributed by atoms with Crippen molar-refractivity contribution in [3.05, 3.63) is 142 Å². The number of carbonyl (C=O) groups is 1. The van der Waals surface area contributed by atoms with Crippen LogP contribution in [0.1, 0.15) is 28.7 Å². The minimum absolute atomic E-state index is 0.143. The standard InChI is InChI=1S/C35H28ClN7O3S/c1-2-46-28-15-13-27(14-16-28)42-33(45)29-17-10-25(36)20-30(29)43-31(39-40-34(42)43)22-47-35-37-18-19-41(35)26-11-8-24(9-12-26)32(44)38-21-23-6-4-3-5-7-23/h3-20H,2,21-22H2,1H3,(H,38,44). The van der Waals surface area contributed by atoms with Crippen LogP contribution in [0, 0.1) is 0 Å². The number of benzene rings is 4. The molecule has 234 valence electrons. The van der Waals surface area contributed by atoms with Gasteiger partial charge in [0.05, 0.1) is 29.0 Å². The maximum atomic E-state index is 13.8. The van der Waals surface area contributed by atoms with Gasteiger partial charge in [0.25, 0.3) is 11.5 Å². The van der Waals surface area contributed by atoms with E-state index in [1.165, 1.54) is 11.8 Å². The molecule has 0 aliphatic heterocycles. The second kappa shape index (κ2) is 13.1. The zero-order valence-corrected chi connectivity index (χ0v) is 26.8. The molecular weight excluding hydrogens is 634 g/mol. The van der Waals surface area contributed by atoms with Crippen LogP contribution in [-0.4, -0.2) is 41.2 Å². The Morgan fingerprint density at radius 3 is 2.47 bits per heavy atom. The molecule has 47 heavy (non-hydrogen) atoms. The molecule has 0 saturated carbocycles. The monoisotopic (exact) mass is 661 g/mol. The third kappa shape index (κ3) is 6.10. The Balaban J connectivity index is 1.16. The van der Waals surface area contributed by atoms with Gasteiger partial charge in [0, 0.05) is 35.2 Å². The highest BCUT2D eigenvalue weighted by atomic mass is 35.5. The van der Waals surface area contributed by atoms with E-state index in [9.17, 15) is 9.59 Å². The van der Waals surface area contributed by atoms with E-state index in [0.717, 1.165) is 16.4 Å². The highest BCUT2D eigenvalue weighted by Crippen LogP contribution is 2.27. The van der Waals surface area contributed by atoms with Crippen LogP contribution in [0.2, 0.25) is 5.02 Å². The van der Waals surface area contributed by atoms with Gasteiger partial charge in [0.1, 0.15) is 11.6 Å². The molecule has 0 fully saturated rings. The lowest BCUT2D eigenvalue weighted by Crippen LogP contribution is -2.22. The molecule has 0 spiro atoms. The van der Waals surface area contributed by atoms with Crippen molar-refractivity contribution in [3.63, 3.8) is 0 Å². The lowest BCUT2D eigenvalue weighted by atomic mass is 10.1. The molecule has 3 heterocycles. The molecule has 0 radical (unpaired) electrons. The fourth-order valence-corrected chi connectivity index (χ4v) is 6.39. The van der Waals surface area contributed by atoms with Crippen molar-refractivity contribution in [1.82, 2.24) is 34.0 Å². The van der Waals surface area contributed by atoms with Gasteiger partial charge in [0.15, 0.2) is 5.16 Å². The van der Waals surface area contributed by atoms with Crippen molar-refractivity contribution in [2.75, 3.05) is 6.61 Å². The van der Waals surface area contributed by atoms with Crippen LogP contribution >= 0.6 is 23.4 Å². The van der Waals surface area contributed by atoms with Gasteiger partial charge in [0.2, 0.25) is 5.78 Å². The molecule has 0 atom stereocenters. The minimum Gasteiger partial charge on any atom is -0.494 e. The summed E-state index contributed by atoms with van der Waals surface area (Å²) in [7, 11) is 0. The molecule has 0 saturated heterocycles. The van der Waals surface area contributed by atoms with E-state index in [1.807, 2.05) is 88.8 Å². The minimum atomic E-state index is -0.229. The zero-order valence-electron chi connectivity index (χ0n) is 25.2. The molecule has 0 bridgehead atoms. The van der Waals surface area contributed by atoms with Gasteiger partial charge in [-0.2, -0.15) is 0 Å². The van der Waals surface area contributed by atoms with Gasteiger partial charge in [-0.05, 0) is 79.2 Å². The Morgan fingerprint density at radius 1 is 0.936 bits per heavy atom. The van der Waals surface area contributed by atoms with Gasteiger partial charge in [-0.1, -0.05) is 53.7 Å². The highest BCUT2D eigenvalue weighted by molar-refractivity contribution is 7.98. The molecule has 4 aromatic carbocycles. The van der Waals surface area contributed by atoms with Crippen LogP contribution in [0.4, 0.5) is 0 Å². The average molecular weight is 662 g/mol. The Morgan fingerprint density at radius 2 is 1.70 bits per heavy atom. The average Bonchev–Trinajstić information content (AvgIpc) is 3.75. The predicted molar refractivity (Wildman–Crippen MR) is 183 cm³/mol. The first kappa shape index (κ1) is 30.3. The van der Waals surface area contributed by atoms with E-state index in [2.05, 4.69) is 20.5 Å². The van der Waals surface area contributed by atoms with Crippen LogP contribution < -0.4 is 15.6 Å². The van der Waals surface area contributed by atoms with Crippen LogP contribution in [0.15, 0.2) is 119 Å². The van der Waals surface area contributed by atoms with Crippen molar-refractivity contribution in [1.29, 1.82) is 0 Å². The number of nitrogens with zero attached hydrogens (tertiary/aromatic N) is 6. The topological polar surface area (TPSA) is 108 Å². The number of nitrogens with one attached hydrogen (secondary N) is 1. The normalized spacial score (nSPS) is 11.3. The van der Waals surface area contributed by atoms with Gasteiger partial charge in [-0.25, -0.2) is 9.55 Å². The molecule has 7 rings (SSSR count). The van der Waals surface area contributed by atoms with Gasteiger partial charge in [-0.15, -0.1) is 10.2 Å². The number of carbonyl (C=O) groups excluding carboxylic acids is 1. The summed E-state index contributed by atoms with van der Waals surface area (Å²) < 4.78 is 10.9. The van der Waals surface area contributed by atoms with Gasteiger partial charge < -0.3 is 10.1 Å². The smallest absolute Gasteiger partial charge is 0.267 e. The second-order valence-corrected chi connectivity index (χ2v) is 11.9. The summed E-state index contributed by atoms with van der Waals surface area (Å²) in [4.78, 5) is 31.1. The van der Waals surface area contributed by atoms with E-state index in [1.54, 1.807) is 41.1 Å². The molecule has 1 N–H and O–H groups in total. The fourth-order valence-electron chi connectivity index (χ4n) is 5.34. The van der Waals surface area contributed by atoms with E-state index in [4.69, 9.17) is 16.3 Å². The summed E-state index contributed by atoms with van der Waals surface area (Å²) >= 11 is 7.87. The SMILES string of the molecule is CCOc1ccc(-n2c(=O)c3ccc(Cl)cc3n3c(CSc4nccn4-c4ccc(C(=O)NCc5ccccc5)cc4)nnc23)cc1. The number of ether oxygens (including phenoxy) is 1. The summed E-state index contributed by atoms with van der Waals surface area (Å²) in [5.74, 6) is 1.96. The first-order valence-corrected chi connectivity index (χ1v) is 16.3. The summed E-state index contributed by atoms with van der Waals surface area (Å²) in [5.41, 5.74) is 3.49. The molecule has 7 aromatic rings. The molecule has 10 nitrogen and oxygen atoms in total. The number of fused-ring (bicyclic) bond motifs is 3. The third-order valence-electron chi connectivity index (χ3n) is 7.59. The Labute approximate surface area is 278 Å². The molecule has 1 amide bonds. The predicted octanol–water partition coefficient (Wildman–Crippen LogP) is 6.49. The van der Waals surface area contributed by atoms with Gasteiger partial charge in [-0.3, -0.25) is 18.6 Å². The van der Waals surface area contributed by atoms with Crippen molar-refractivity contribution in [2.45, 2.75) is 24.4 Å². The first-order valence-electron chi connectivity index (χ1n) is 14.9. The van der Waals surface area contributed by atoms with Crippen LogP contribution in [0.25, 0.3) is 28.1 Å². The lowest BCUT2D eigenvalue weighted by Gasteiger charge is -2.13. The molecule has 0 unspecified atom stereocenters. The first-order chi connectivity index (χ1) is 23.0. The maximum absolute atomic E-state index is 13.8. The number of halogens is 1. The van der Waals surface area contributed by atoms with Crippen LogP contribution in [0.5, 0.6) is 5.75 Å². The number of amides is 1. The Hall–Kier alpha value is -5.39. The number of imidazole rings is 1. The number of rotatable bonds is 10. The highest BCUT2D eigenvalue weighted by Gasteiger charge is 2.19. The number of hydrogen-bond donors (Lipinski definition) is 1. The largest absolute Gasteiger partial charge is 0.494 e. The summed E-state index contributed by atoms with van der Waals surface area (Å²) in [6, 6.07) is 29.6. The van der Waals surface area contributed by atoms with Crippen molar-refractivity contribution in [3.8, 4) is 17.1 Å². The van der Waals surface area contributed by atoms with E-state index in [0.29, 0.717) is 63.4 Å². The zero-order chi connectivity index (χ0) is 32.3. The van der Waals surface area contributed by atoms with E-state index < -0.39 is 0 Å².